The third-order valence-electron chi connectivity index (χ3n) is 6.28. The van der Waals surface area contributed by atoms with Crippen LogP contribution in [0.3, 0.4) is 0 Å². The fraction of sp³-hybridized carbons (Fsp3) is 0.286. The number of rotatable bonds is 8. The molecule has 4 aromatic rings. The number of benzene rings is 3. The maximum Gasteiger partial charge on any atom is 0.242 e. The Morgan fingerprint density at radius 2 is 1.44 bits per heavy atom. The maximum absolute atomic E-state index is 13.6. The highest BCUT2D eigenvalue weighted by molar-refractivity contribution is 5.84. The van der Waals surface area contributed by atoms with Crippen molar-refractivity contribution in [3.05, 3.63) is 89.7 Å². The lowest BCUT2D eigenvalue weighted by molar-refractivity contribution is -0.131. The first-order chi connectivity index (χ1) is 16.7. The van der Waals surface area contributed by atoms with Crippen LogP contribution in [-0.4, -0.2) is 46.7 Å². The van der Waals surface area contributed by atoms with E-state index in [0.29, 0.717) is 37.8 Å². The van der Waals surface area contributed by atoms with Crippen molar-refractivity contribution < 1.29 is 14.3 Å². The van der Waals surface area contributed by atoms with Gasteiger partial charge in [0.15, 0.2) is 11.5 Å². The van der Waals surface area contributed by atoms with Gasteiger partial charge in [0, 0.05) is 25.2 Å². The molecule has 0 bridgehead atoms. The quantitative estimate of drug-likeness (QED) is 0.394. The van der Waals surface area contributed by atoms with Crippen molar-refractivity contribution in [1.82, 2.24) is 14.5 Å². The Morgan fingerprint density at radius 1 is 0.882 bits per heavy atom. The molecule has 0 N–H and O–H groups in total. The Kier molecular flexibility index (Phi) is 6.47. The van der Waals surface area contributed by atoms with Crippen LogP contribution in [0.5, 0.6) is 11.5 Å². The van der Waals surface area contributed by atoms with Crippen LogP contribution in [0.2, 0.25) is 0 Å². The van der Waals surface area contributed by atoms with Gasteiger partial charge in [0.05, 0.1) is 11.0 Å². The summed E-state index contributed by atoms with van der Waals surface area (Å²) in [4.78, 5) is 20.2. The second-order valence-electron chi connectivity index (χ2n) is 8.58. The van der Waals surface area contributed by atoms with Gasteiger partial charge in [-0.2, -0.15) is 0 Å². The minimum atomic E-state index is 0.0872. The largest absolute Gasteiger partial charge is 0.486 e. The molecule has 1 aromatic heterocycles. The van der Waals surface area contributed by atoms with Crippen molar-refractivity contribution in [2.75, 3.05) is 26.3 Å². The van der Waals surface area contributed by atoms with Crippen molar-refractivity contribution in [3.63, 3.8) is 0 Å². The van der Waals surface area contributed by atoms with Gasteiger partial charge in [-0.05, 0) is 30.9 Å². The molecule has 0 radical (unpaired) electrons. The molecule has 0 fully saturated rings. The maximum atomic E-state index is 13.6. The van der Waals surface area contributed by atoms with Crippen LogP contribution in [-0.2, 0) is 24.2 Å². The molecule has 0 atom stereocenters. The van der Waals surface area contributed by atoms with E-state index in [4.69, 9.17) is 9.47 Å². The van der Waals surface area contributed by atoms with E-state index in [2.05, 4.69) is 29.2 Å². The number of hydrogen-bond donors (Lipinski definition) is 0. The summed E-state index contributed by atoms with van der Waals surface area (Å²) >= 11 is 0. The summed E-state index contributed by atoms with van der Waals surface area (Å²) in [6, 6.07) is 24.5. The van der Waals surface area contributed by atoms with Gasteiger partial charge >= 0.3 is 0 Å². The molecule has 1 aliphatic heterocycles. The van der Waals surface area contributed by atoms with Gasteiger partial charge in [-0.3, -0.25) is 4.79 Å². The summed E-state index contributed by atoms with van der Waals surface area (Å²) in [5, 5.41) is 0. The molecule has 1 amide bonds. The number of fused-ring (bicyclic) bond motifs is 2. The third kappa shape index (κ3) is 4.91. The van der Waals surface area contributed by atoms with Gasteiger partial charge in [-0.1, -0.05) is 60.7 Å². The molecule has 6 heteroatoms. The van der Waals surface area contributed by atoms with E-state index in [0.717, 1.165) is 29.7 Å². The van der Waals surface area contributed by atoms with Gasteiger partial charge in [-0.15, -0.1) is 0 Å². The fourth-order valence-electron chi connectivity index (χ4n) is 4.40. The molecule has 1 aliphatic rings. The lowest BCUT2D eigenvalue weighted by Gasteiger charge is -2.24. The summed E-state index contributed by atoms with van der Waals surface area (Å²) in [6.45, 7) is 4.59. The predicted octanol–water partition coefficient (Wildman–Crippen LogP) is 4.43. The molecule has 6 nitrogen and oxygen atoms in total. The van der Waals surface area contributed by atoms with E-state index in [-0.39, 0.29) is 12.5 Å². The van der Waals surface area contributed by atoms with Gasteiger partial charge in [0.2, 0.25) is 5.91 Å². The van der Waals surface area contributed by atoms with Gasteiger partial charge in [-0.25, -0.2) is 4.98 Å². The SMILES string of the molecule is Cc1nc2cc3c(cc2n1CC(=O)N(CCc1ccccc1)CCc1ccccc1)OCCO3. The molecular formula is C28H29N3O3. The van der Waals surface area contributed by atoms with E-state index in [9.17, 15) is 4.79 Å². The van der Waals surface area contributed by atoms with Crippen molar-refractivity contribution in [3.8, 4) is 11.5 Å². The van der Waals surface area contributed by atoms with Crippen molar-refractivity contribution in [1.29, 1.82) is 0 Å². The average Bonchev–Trinajstić information content (AvgIpc) is 3.17. The molecule has 0 aliphatic carbocycles. The first-order valence-corrected chi connectivity index (χ1v) is 11.8. The van der Waals surface area contributed by atoms with E-state index in [1.54, 1.807) is 0 Å². The lowest BCUT2D eigenvalue weighted by atomic mass is 10.1. The van der Waals surface area contributed by atoms with Crippen LogP contribution in [0, 0.1) is 6.92 Å². The van der Waals surface area contributed by atoms with E-state index in [1.165, 1.54) is 11.1 Å². The predicted molar refractivity (Wildman–Crippen MR) is 132 cm³/mol. The smallest absolute Gasteiger partial charge is 0.242 e. The van der Waals surface area contributed by atoms with Crippen molar-refractivity contribution in [2.24, 2.45) is 0 Å². The number of ether oxygens (including phenoxy) is 2. The second-order valence-corrected chi connectivity index (χ2v) is 8.58. The summed E-state index contributed by atoms with van der Waals surface area (Å²) in [5.41, 5.74) is 4.16. The number of imidazole rings is 1. The molecule has 0 saturated carbocycles. The fourth-order valence-corrected chi connectivity index (χ4v) is 4.40. The number of aryl methyl sites for hydroxylation is 1. The highest BCUT2D eigenvalue weighted by atomic mass is 16.6. The Hall–Kier alpha value is -3.80. The molecule has 174 valence electrons. The average molecular weight is 456 g/mol. The van der Waals surface area contributed by atoms with E-state index < -0.39 is 0 Å². The first-order valence-electron chi connectivity index (χ1n) is 11.8. The van der Waals surface area contributed by atoms with Gasteiger partial charge in [0.1, 0.15) is 25.6 Å². The number of hydrogen-bond acceptors (Lipinski definition) is 4. The third-order valence-corrected chi connectivity index (χ3v) is 6.28. The molecule has 5 rings (SSSR count). The number of carbonyl (C=O) groups is 1. The minimum Gasteiger partial charge on any atom is -0.486 e. The van der Waals surface area contributed by atoms with Crippen LogP contribution >= 0.6 is 0 Å². The molecule has 0 unspecified atom stereocenters. The van der Waals surface area contributed by atoms with E-state index >= 15 is 0 Å². The number of amides is 1. The monoisotopic (exact) mass is 455 g/mol. The standard InChI is InChI=1S/C28H29N3O3/c1-21-29-24-18-26-27(34-17-16-33-26)19-25(24)31(21)20-28(32)30(14-12-22-8-4-2-5-9-22)15-13-23-10-6-3-7-11-23/h2-11,18-19H,12-17,20H2,1H3. The zero-order valence-electron chi connectivity index (χ0n) is 19.4. The molecular weight excluding hydrogens is 426 g/mol. The van der Waals surface area contributed by atoms with Crippen LogP contribution < -0.4 is 9.47 Å². The second kappa shape index (κ2) is 10.00. The summed E-state index contributed by atoms with van der Waals surface area (Å²) in [6.07, 6.45) is 1.65. The van der Waals surface area contributed by atoms with Crippen molar-refractivity contribution >= 4 is 16.9 Å². The topological polar surface area (TPSA) is 56.6 Å². The Morgan fingerprint density at radius 3 is 2.03 bits per heavy atom. The highest BCUT2D eigenvalue weighted by Crippen LogP contribution is 2.34. The van der Waals surface area contributed by atoms with Gasteiger partial charge < -0.3 is 18.9 Å². The lowest BCUT2D eigenvalue weighted by Crippen LogP contribution is -2.37. The zero-order valence-corrected chi connectivity index (χ0v) is 19.4. The Labute approximate surface area is 199 Å². The Bertz CT molecular complexity index is 1230. The zero-order chi connectivity index (χ0) is 23.3. The van der Waals surface area contributed by atoms with Crippen molar-refractivity contribution in [2.45, 2.75) is 26.3 Å². The summed E-state index contributed by atoms with van der Waals surface area (Å²) in [5.74, 6) is 2.31. The minimum absolute atomic E-state index is 0.0872. The van der Waals surface area contributed by atoms with Crippen LogP contribution in [0.25, 0.3) is 11.0 Å². The normalized spacial score (nSPS) is 12.6. The van der Waals surface area contributed by atoms with Gasteiger partial charge in [0.25, 0.3) is 0 Å². The van der Waals surface area contributed by atoms with Crippen LogP contribution in [0.15, 0.2) is 72.8 Å². The highest BCUT2D eigenvalue weighted by Gasteiger charge is 2.20. The number of aromatic nitrogens is 2. The number of carbonyl (C=O) groups excluding carboxylic acids is 1. The molecule has 2 heterocycles. The number of nitrogens with zero attached hydrogens (tertiary/aromatic N) is 3. The van der Waals surface area contributed by atoms with Crippen LogP contribution in [0.1, 0.15) is 17.0 Å². The molecule has 0 saturated heterocycles. The van der Waals surface area contributed by atoms with Crippen LogP contribution in [0.4, 0.5) is 0 Å². The molecule has 0 spiro atoms. The summed E-state index contributed by atoms with van der Waals surface area (Å²) < 4.78 is 13.4. The molecule has 3 aromatic carbocycles. The molecule has 34 heavy (non-hydrogen) atoms. The summed E-state index contributed by atoms with van der Waals surface area (Å²) in [7, 11) is 0. The van der Waals surface area contributed by atoms with E-state index in [1.807, 2.05) is 64.9 Å². The Balaban J connectivity index is 1.36. The first kappa shape index (κ1) is 22.0.